The highest BCUT2D eigenvalue weighted by Gasteiger charge is 2.19. The smallest absolute Gasteiger partial charge is 0.266 e. The Morgan fingerprint density at radius 2 is 0.483 bits per heavy atom. The Morgan fingerprint density at radius 1 is 0.254 bits per heavy atom. The Labute approximate surface area is 678 Å². The lowest BCUT2D eigenvalue weighted by Crippen LogP contribution is -2.22. The fourth-order valence-corrected chi connectivity index (χ4v) is 13.1. The third-order valence-corrected chi connectivity index (χ3v) is 19.4. The van der Waals surface area contributed by atoms with Crippen LogP contribution in [0.1, 0.15) is 67.8 Å². The van der Waals surface area contributed by atoms with E-state index in [1.807, 2.05) is 185 Å². The number of hydrogen-bond donors (Lipinski definition) is 4. The number of phenolic OH excluding ortho intramolecular Hbond substituents is 4. The lowest BCUT2D eigenvalue weighted by Gasteiger charge is -2.13. The lowest BCUT2D eigenvalue weighted by atomic mass is 10.1. The van der Waals surface area contributed by atoms with Crippen LogP contribution in [0.4, 0.5) is 0 Å². The zero-order valence-corrected chi connectivity index (χ0v) is 66.0. The van der Waals surface area contributed by atoms with E-state index in [1.54, 1.807) is 177 Å². The first-order chi connectivity index (χ1) is 57.3. The predicted octanol–water partition coefficient (Wildman–Crippen LogP) is 18.3. The van der Waals surface area contributed by atoms with Gasteiger partial charge in [0.2, 0.25) is 0 Å². The molecule has 21 heteroatoms. The number of methoxy groups -OCH3 is 5. The van der Waals surface area contributed by atoms with Gasteiger partial charge in [0, 0.05) is 22.3 Å². The number of para-hydroxylation sites is 8. The van der Waals surface area contributed by atoms with Gasteiger partial charge in [-0.05, 0) is 209 Å². The van der Waals surface area contributed by atoms with E-state index in [1.165, 1.54) is 28.4 Å². The van der Waals surface area contributed by atoms with E-state index in [-0.39, 0.29) is 45.2 Å². The van der Waals surface area contributed by atoms with E-state index >= 15 is 0 Å². The second kappa shape index (κ2) is 36.4. The fourth-order valence-electron chi connectivity index (χ4n) is 13.1. The van der Waals surface area contributed by atoms with Crippen molar-refractivity contribution in [2.24, 2.45) is 0 Å². The third kappa shape index (κ3) is 17.6. The number of aryl methyl sites for hydroxylation is 4. The van der Waals surface area contributed by atoms with Gasteiger partial charge in [-0.1, -0.05) is 150 Å². The number of phenols is 4. The number of nitrogens with zero attached hydrogens (tertiary/aromatic N) is 8. The van der Waals surface area contributed by atoms with Crippen molar-refractivity contribution in [2.45, 2.75) is 27.7 Å². The summed E-state index contributed by atoms with van der Waals surface area (Å²) in [6, 6.07) is 78.7. The quantitative estimate of drug-likeness (QED) is 0.0660. The number of benzene rings is 12. The molecule has 0 atom stereocenters. The molecule has 16 aromatic rings. The summed E-state index contributed by atoms with van der Waals surface area (Å²) in [5, 5.41) is 43.6. The summed E-state index contributed by atoms with van der Waals surface area (Å²) in [6.07, 6.45) is 13.8. The van der Waals surface area contributed by atoms with Crippen molar-refractivity contribution in [3.8, 4) is 74.5 Å². The molecule has 0 saturated carbocycles. The van der Waals surface area contributed by atoms with Crippen LogP contribution in [-0.4, -0.2) is 94.2 Å². The van der Waals surface area contributed by atoms with Crippen molar-refractivity contribution < 1.29 is 44.1 Å². The van der Waals surface area contributed by atoms with Gasteiger partial charge in [0.15, 0.2) is 46.0 Å². The van der Waals surface area contributed by atoms with Crippen molar-refractivity contribution >= 4 is 92.2 Å². The Morgan fingerprint density at radius 3 is 0.720 bits per heavy atom. The molecule has 0 saturated heterocycles. The third-order valence-electron chi connectivity index (χ3n) is 19.4. The van der Waals surface area contributed by atoms with Crippen molar-refractivity contribution in [1.82, 2.24) is 38.2 Å². The summed E-state index contributed by atoms with van der Waals surface area (Å²) in [5.74, 6) is 4.26. The Hall–Kier alpha value is -15.6. The molecule has 16 rings (SSSR count). The molecule has 0 bridgehead atoms. The number of fused-ring (bicyclic) bond motifs is 4. The molecular weight excluding hydrogens is 1490 g/mol. The molecule has 0 aliphatic rings. The molecule has 0 fully saturated rings. The van der Waals surface area contributed by atoms with Crippen LogP contribution in [0, 0.1) is 27.7 Å². The van der Waals surface area contributed by atoms with E-state index in [0.29, 0.717) is 118 Å². The standard InChI is InChI=1S/C25H22N2O4.3C24H20N2O3/c1-16-15-18(12-13-21(16)30-2)27-23(26-20-9-5-4-8-19(20)25(27)29)14-11-17-7-6-10-22(31-3)24(17)28;3*1-16-10-13-18(14-11-16)26-22(25-20-8-4-3-7-19(20)24(26)28)15-12-17-6-5-9-21(29-2)23(17)27/h4-15,28H,1-3H3;3*3-15,27H,1-2H3/b14-11+;3*15-12+. The van der Waals surface area contributed by atoms with Crippen LogP contribution in [0.5, 0.6) is 51.7 Å². The Bertz CT molecular complexity index is 6320. The van der Waals surface area contributed by atoms with Crippen molar-refractivity contribution in [2.75, 3.05) is 35.5 Å². The van der Waals surface area contributed by atoms with Gasteiger partial charge in [-0.2, -0.15) is 0 Å². The van der Waals surface area contributed by atoms with Crippen molar-refractivity contribution in [1.29, 1.82) is 0 Å². The van der Waals surface area contributed by atoms with Gasteiger partial charge in [0.25, 0.3) is 22.2 Å². The minimum atomic E-state index is -0.176. The minimum Gasteiger partial charge on any atom is -0.504 e. The summed E-state index contributed by atoms with van der Waals surface area (Å²) in [5.41, 5.74) is 11.2. The normalized spacial score (nSPS) is 11.2. The highest BCUT2D eigenvalue weighted by atomic mass is 16.5. The highest BCUT2D eigenvalue weighted by Crippen LogP contribution is 2.35. The molecule has 0 unspecified atom stereocenters. The molecule has 0 amide bonds. The van der Waals surface area contributed by atoms with Crippen LogP contribution in [-0.2, 0) is 0 Å². The monoisotopic (exact) mass is 1570 g/mol. The van der Waals surface area contributed by atoms with E-state index in [4.69, 9.17) is 28.7 Å². The first-order valence-corrected chi connectivity index (χ1v) is 37.4. The summed E-state index contributed by atoms with van der Waals surface area (Å²) in [4.78, 5) is 71.8. The zero-order chi connectivity index (χ0) is 83.1. The van der Waals surface area contributed by atoms with E-state index in [0.717, 1.165) is 45.1 Å². The Kier molecular flexibility index (Phi) is 24.8. The molecule has 12 aromatic carbocycles. The maximum Gasteiger partial charge on any atom is 0.266 e. The first-order valence-electron chi connectivity index (χ1n) is 37.4. The molecule has 588 valence electrons. The van der Waals surface area contributed by atoms with Gasteiger partial charge in [0.05, 0.1) is 102 Å². The summed E-state index contributed by atoms with van der Waals surface area (Å²) in [7, 11) is 7.62. The van der Waals surface area contributed by atoms with E-state index in [9.17, 15) is 39.6 Å². The maximum absolute atomic E-state index is 13.4. The van der Waals surface area contributed by atoms with E-state index in [2.05, 4.69) is 15.0 Å². The molecule has 4 N–H and O–H groups in total. The summed E-state index contributed by atoms with van der Waals surface area (Å²) >= 11 is 0. The number of aromatic nitrogens is 8. The van der Waals surface area contributed by atoms with Crippen LogP contribution in [0.25, 0.3) is 115 Å². The van der Waals surface area contributed by atoms with Gasteiger partial charge in [-0.25, -0.2) is 19.9 Å². The number of ether oxygens (including phenoxy) is 5. The molecule has 0 radical (unpaired) electrons. The second-order valence-corrected chi connectivity index (χ2v) is 27.1. The summed E-state index contributed by atoms with van der Waals surface area (Å²) in [6.45, 7) is 7.92. The molecule has 0 aliphatic carbocycles. The van der Waals surface area contributed by atoms with Crippen LogP contribution in [0.3, 0.4) is 0 Å². The average molecular weight is 1570 g/mol. The highest BCUT2D eigenvalue weighted by molar-refractivity contribution is 5.85. The average Bonchev–Trinajstić information content (AvgIpc) is 0.788. The Balaban J connectivity index is 0.000000136. The van der Waals surface area contributed by atoms with Gasteiger partial charge < -0.3 is 44.1 Å². The number of aromatic hydroxyl groups is 4. The second-order valence-electron chi connectivity index (χ2n) is 27.1. The SMILES string of the molecule is COc1ccc(-n2c(/C=C/c3cccc(OC)c3O)nc3ccccc3c2=O)cc1C.COc1cccc(/C=C/c2nc3ccccc3c(=O)n2-c2ccc(C)cc2)c1O.COc1cccc(/C=C/c2nc3ccccc3c(=O)n2-c2ccc(C)cc2)c1O.COc1cccc(/C=C/c2nc3ccccc3c(=O)n2-c2ccc(C)cc2)c1O. The molecule has 0 aliphatic heterocycles. The molecule has 0 spiro atoms. The van der Waals surface area contributed by atoms with E-state index < -0.39 is 0 Å². The topological polar surface area (TPSA) is 267 Å². The maximum atomic E-state index is 13.4. The van der Waals surface area contributed by atoms with Gasteiger partial charge in [-0.3, -0.25) is 37.4 Å². The number of rotatable bonds is 17. The van der Waals surface area contributed by atoms with Crippen LogP contribution in [0.15, 0.2) is 280 Å². The largest absolute Gasteiger partial charge is 0.504 e. The van der Waals surface area contributed by atoms with Crippen LogP contribution >= 0.6 is 0 Å². The van der Waals surface area contributed by atoms with Crippen molar-refractivity contribution in [3.63, 3.8) is 0 Å². The molecule has 21 nitrogen and oxygen atoms in total. The number of hydrogen-bond acceptors (Lipinski definition) is 17. The lowest BCUT2D eigenvalue weighted by molar-refractivity contribution is 0.373. The molecule has 4 heterocycles. The first kappa shape index (κ1) is 80.4. The minimum absolute atomic E-state index is 0.0243. The zero-order valence-electron chi connectivity index (χ0n) is 66.0. The summed E-state index contributed by atoms with van der Waals surface area (Å²) < 4.78 is 32.3. The molecular formula is C97H82N8O13. The van der Waals surface area contributed by atoms with Gasteiger partial charge >= 0.3 is 0 Å². The molecule has 4 aromatic heterocycles. The molecule has 118 heavy (non-hydrogen) atoms. The van der Waals surface area contributed by atoms with Crippen LogP contribution in [0.2, 0.25) is 0 Å². The van der Waals surface area contributed by atoms with Gasteiger partial charge in [0.1, 0.15) is 29.0 Å². The predicted molar refractivity (Wildman–Crippen MR) is 469 cm³/mol. The fraction of sp³-hybridized carbons (Fsp3) is 0.0928. The van der Waals surface area contributed by atoms with Crippen molar-refractivity contribution in [3.05, 3.63) is 370 Å². The van der Waals surface area contributed by atoms with Crippen LogP contribution < -0.4 is 45.9 Å². The van der Waals surface area contributed by atoms with Gasteiger partial charge in [-0.15, -0.1) is 0 Å².